The first-order valence-corrected chi connectivity index (χ1v) is 6.06. The number of halogens is 3. The highest BCUT2D eigenvalue weighted by Gasteiger charge is 2.16. The summed E-state index contributed by atoms with van der Waals surface area (Å²) in [4.78, 5) is 0. The molecule has 1 rings (SSSR count). The van der Waals surface area contributed by atoms with Crippen LogP contribution in [0.3, 0.4) is 0 Å². The van der Waals surface area contributed by atoms with Gasteiger partial charge >= 0.3 is 0 Å². The van der Waals surface area contributed by atoms with E-state index in [1.165, 1.54) is 5.56 Å². The molecule has 0 amide bonds. The number of hydrogen-bond donors (Lipinski definition) is 0. The van der Waals surface area contributed by atoms with Crippen LogP contribution in [-0.4, -0.2) is 2.14 Å². The van der Waals surface area contributed by atoms with E-state index in [-0.39, 0.29) is 2.14 Å². The minimum absolute atomic E-state index is 0.108. The Hall–Kier alpha value is 0.660. The topological polar surface area (TPSA) is 0 Å². The van der Waals surface area contributed by atoms with Crippen LogP contribution >= 0.6 is 47.8 Å². The minimum atomic E-state index is -0.108. The molecule has 0 saturated carbocycles. The smallest absolute Gasteiger partial charge is 0.0622 e. The van der Waals surface area contributed by atoms with Crippen molar-refractivity contribution in [3.05, 3.63) is 35.9 Å². The molecular weight excluding hydrogens is 348 g/mol. The zero-order valence-corrected chi connectivity index (χ0v) is 11.2. The van der Waals surface area contributed by atoms with Crippen LogP contribution in [0.2, 0.25) is 0 Å². The number of rotatable bonds is 2. The molecule has 66 valence electrons. The summed E-state index contributed by atoms with van der Waals surface area (Å²) in [6, 6.07) is 10.4. The molecule has 0 heterocycles. The third-order valence-electron chi connectivity index (χ3n) is 1.54. The summed E-state index contributed by atoms with van der Waals surface area (Å²) >= 11 is 10.4. The van der Waals surface area contributed by atoms with Crippen molar-refractivity contribution in [3.8, 4) is 0 Å². The molecule has 0 bridgehead atoms. The van der Waals surface area contributed by atoms with E-state index in [0.717, 1.165) is 12.8 Å². The Bertz CT molecular complexity index is 225. The molecule has 0 aliphatic rings. The maximum Gasteiger partial charge on any atom is 0.135 e. The first kappa shape index (κ1) is 10.7. The fraction of sp³-hybridized carbons (Fsp3) is 0.333. The van der Waals surface area contributed by atoms with Crippen LogP contribution in [0.5, 0.6) is 0 Å². The van der Waals surface area contributed by atoms with E-state index in [4.69, 9.17) is 0 Å². The Morgan fingerprint density at radius 3 is 2.08 bits per heavy atom. The van der Waals surface area contributed by atoms with E-state index in [9.17, 15) is 0 Å². The summed E-state index contributed by atoms with van der Waals surface area (Å²) in [6.07, 6.45) is 2.07. The first-order valence-electron chi connectivity index (χ1n) is 3.68. The molecule has 0 N–H and O–H groups in total. The van der Waals surface area contributed by atoms with Crippen molar-refractivity contribution in [2.75, 3.05) is 0 Å². The Morgan fingerprint density at radius 1 is 1.00 bits per heavy atom. The monoisotopic (exact) mass is 354 g/mol. The lowest BCUT2D eigenvalue weighted by atomic mass is 10.1. The largest absolute Gasteiger partial charge is 0.135 e. The fourth-order valence-corrected chi connectivity index (χ4v) is 1.53. The summed E-state index contributed by atoms with van der Waals surface area (Å²) in [7, 11) is 0. The fourth-order valence-electron chi connectivity index (χ4n) is 0.931. The molecule has 3 heteroatoms. The van der Waals surface area contributed by atoms with Gasteiger partial charge in [0.25, 0.3) is 0 Å². The average Bonchev–Trinajstić information content (AvgIpc) is 2.02. The summed E-state index contributed by atoms with van der Waals surface area (Å²) < 4.78 is -0.108. The van der Waals surface area contributed by atoms with Gasteiger partial charge in [0, 0.05) is 0 Å². The normalized spacial score (nSPS) is 11.6. The molecule has 0 saturated heterocycles. The van der Waals surface area contributed by atoms with Crippen LogP contribution in [0.15, 0.2) is 30.3 Å². The van der Waals surface area contributed by atoms with E-state index >= 15 is 0 Å². The number of hydrogen-bond acceptors (Lipinski definition) is 0. The lowest BCUT2D eigenvalue weighted by Crippen LogP contribution is -2.01. The third kappa shape index (κ3) is 4.63. The Balaban J connectivity index is 2.44. The molecule has 12 heavy (non-hydrogen) atoms. The van der Waals surface area contributed by atoms with Gasteiger partial charge in [0.15, 0.2) is 0 Å². The Labute approximate surface area is 98.1 Å². The van der Waals surface area contributed by atoms with Gasteiger partial charge in [-0.15, -0.1) is 0 Å². The predicted octanol–water partition coefficient (Wildman–Crippen LogP) is 4.46. The molecule has 0 aliphatic carbocycles. The number of benzene rings is 1. The molecule has 0 atom stereocenters. The Kier molecular flexibility index (Phi) is 4.27. The van der Waals surface area contributed by atoms with Crippen molar-refractivity contribution in [2.45, 2.75) is 15.0 Å². The van der Waals surface area contributed by atoms with Crippen LogP contribution < -0.4 is 0 Å². The SMILES string of the molecule is BrC(Br)(Br)CCc1ccccc1. The van der Waals surface area contributed by atoms with Gasteiger partial charge in [-0.25, -0.2) is 0 Å². The quantitative estimate of drug-likeness (QED) is 0.686. The van der Waals surface area contributed by atoms with Gasteiger partial charge in [0.1, 0.15) is 2.14 Å². The minimum Gasteiger partial charge on any atom is -0.0622 e. The highest BCUT2D eigenvalue weighted by Crippen LogP contribution is 2.37. The zero-order valence-electron chi connectivity index (χ0n) is 6.43. The van der Waals surface area contributed by atoms with Crippen molar-refractivity contribution in [2.24, 2.45) is 0 Å². The van der Waals surface area contributed by atoms with Crippen molar-refractivity contribution in [3.63, 3.8) is 0 Å². The van der Waals surface area contributed by atoms with E-state index in [0.29, 0.717) is 0 Å². The molecule has 0 aromatic heterocycles. The predicted molar refractivity (Wildman–Crippen MR) is 64.3 cm³/mol. The molecule has 0 aliphatic heterocycles. The third-order valence-corrected chi connectivity index (χ3v) is 2.73. The lowest BCUT2D eigenvalue weighted by Gasteiger charge is -2.10. The van der Waals surface area contributed by atoms with Crippen molar-refractivity contribution in [1.82, 2.24) is 0 Å². The molecule has 0 spiro atoms. The highest BCUT2D eigenvalue weighted by atomic mass is 80.0. The second-order valence-electron chi connectivity index (χ2n) is 2.60. The maximum atomic E-state index is 3.47. The van der Waals surface area contributed by atoms with Crippen LogP contribution in [0.4, 0.5) is 0 Å². The molecule has 1 aromatic rings. The van der Waals surface area contributed by atoms with Crippen LogP contribution in [0.25, 0.3) is 0 Å². The van der Waals surface area contributed by atoms with E-state index in [1.807, 2.05) is 6.07 Å². The standard InChI is InChI=1S/C9H9Br3/c10-9(11,12)7-6-8-4-2-1-3-5-8/h1-5H,6-7H2. The molecule has 0 unspecified atom stereocenters. The van der Waals surface area contributed by atoms with Gasteiger partial charge < -0.3 is 0 Å². The molecule has 1 aromatic carbocycles. The van der Waals surface area contributed by atoms with Gasteiger partial charge in [-0.2, -0.15) is 0 Å². The second kappa shape index (κ2) is 4.77. The van der Waals surface area contributed by atoms with Crippen LogP contribution in [-0.2, 0) is 6.42 Å². The highest BCUT2D eigenvalue weighted by molar-refractivity contribution is 9.39. The summed E-state index contributed by atoms with van der Waals surface area (Å²) in [5, 5.41) is 0. The molecular formula is C9H9Br3. The van der Waals surface area contributed by atoms with Gasteiger partial charge in [-0.05, 0) is 18.4 Å². The second-order valence-corrected chi connectivity index (χ2v) is 9.85. The average molecular weight is 357 g/mol. The first-order chi connectivity index (χ1) is 5.58. The lowest BCUT2D eigenvalue weighted by molar-refractivity contribution is 0.898. The van der Waals surface area contributed by atoms with Crippen molar-refractivity contribution < 1.29 is 0 Å². The van der Waals surface area contributed by atoms with Gasteiger partial charge in [0.2, 0.25) is 0 Å². The van der Waals surface area contributed by atoms with E-state index in [2.05, 4.69) is 72.1 Å². The van der Waals surface area contributed by atoms with Gasteiger partial charge in [-0.1, -0.05) is 78.1 Å². The molecule has 0 fully saturated rings. The van der Waals surface area contributed by atoms with Gasteiger partial charge in [0.05, 0.1) is 0 Å². The van der Waals surface area contributed by atoms with E-state index in [1.54, 1.807) is 0 Å². The number of alkyl halides is 3. The summed E-state index contributed by atoms with van der Waals surface area (Å²) in [5.41, 5.74) is 1.36. The van der Waals surface area contributed by atoms with Crippen LogP contribution in [0, 0.1) is 0 Å². The zero-order chi connectivity index (χ0) is 9.03. The summed E-state index contributed by atoms with van der Waals surface area (Å²) in [5.74, 6) is 0. The van der Waals surface area contributed by atoms with Crippen LogP contribution in [0.1, 0.15) is 12.0 Å². The maximum absolute atomic E-state index is 3.47. The van der Waals surface area contributed by atoms with E-state index < -0.39 is 0 Å². The van der Waals surface area contributed by atoms with Gasteiger partial charge in [-0.3, -0.25) is 0 Å². The summed E-state index contributed by atoms with van der Waals surface area (Å²) in [6.45, 7) is 0. The molecule has 0 nitrogen and oxygen atoms in total. The number of aryl methyl sites for hydroxylation is 1. The molecule has 0 radical (unpaired) electrons. The van der Waals surface area contributed by atoms with Crippen molar-refractivity contribution >= 4 is 47.8 Å². The van der Waals surface area contributed by atoms with Crippen molar-refractivity contribution in [1.29, 1.82) is 0 Å². The Morgan fingerprint density at radius 2 is 1.58 bits per heavy atom.